The number of rotatable bonds is 5. The summed E-state index contributed by atoms with van der Waals surface area (Å²) in [5.41, 5.74) is 1.13. The maximum atomic E-state index is 10.7. The van der Waals surface area contributed by atoms with Crippen LogP contribution in [0.2, 0.25) is 0 Å². The second-order valence-electron chi connectivity index (χ2n) is 4.66. The zero-order chi connectivity index (χ0) is 13.7. The minimum absolute atomic E-state index is 0.104. The number of benzene rings is 1. The number of aliphatic hydroxyl groups excluding tert-OH is 1. The van der Waals surface area contributed by atoms with Crippen molar-refractivity contribution in [3.63, 3.8) is 0 Å². The molecule has 1 aliphatic heterocycles. The molecule has 0 bridgehead atoms. The molecule has 0 radical (unpaired) electrons. The number of aliphatic hydroxyl groups is 1. The van der Waals surface area contributed by atoms with Crippen LogP contribution >= 0.6 is 0 Å². The molecule has 0 aliphatic carbocycles. The highest BCUT2D eigenvalue weighted by Gasteiger charge is 2.22. The molecular formula is C13H19N3O3. The van der Waals surface area contributed by atoms with Crippen LogP contribution in [0.1, 0.15) is 18.0 Å². The molecule has 1 aromatic rings. The molecule has 0 spiro atoms. The molecule has 19 heavy (non-hydrogen) atoms. The third-order valence-electron chi connectivity index (χ3n) is 3.48. The first-order chi connectivity index (χ1) is 9.22. The molecule has 1 heterocycles. The molecule has 0 aromatic heterocycles. The molecule has 1 fully saturated rings. The van der Waals surface area contributed by atoms with E-state index in [1.165, 1.54) is 12.1 Å². The highest BCUT2D eigenvalue weighted by Crippen LogP contribution is 2.26. The van der Waals surface area contributed by atoms with Crippen molar-refractivity contribution in [3.05, 3.63) is 39.9 Å². The highest BCUT2D eigenvalue weighted by molar-refractivity contribution is 5.34. The van der Waals surface area contributed by atoms with Crippen LogP contribution in [0.15, 0.2) is 24.3 Å². The normalized spacial score (nSPS) is 18.2. The first kappa shape index (κ1) is 13.9. The molecule has 1 aromatic carbocycles. The molecule has 0 amide bonds. The number of hydrogen-bond donors (Lipinski definition) is 2. The van der Waals surface area contributed by atoms with E-state index in [-0.39, 0.29) is 18.3 Å². The number of nitrogens with one attached hydrogen (secondary N) is 1. The summed E-state index contributed by atoms with van der Waals surface area (Å²) >= 11 is 0. The molecule has 0 saturated carbocycles. The third-order valence-corrected chi connectivity index (χ3v) is 3.48. The van der Waals surface area contributed by atoms with Gasteiger partial charge in [-0.3, -0.25) is 15.0 Å². The summed E-state index contributed by atoms with van der Waals surface area (Å²) in [4.78, 5) is 12.6. The lowest BCUT2D eigenvalue weighted by atomic mass is 10.0. The predicted octanol–water partition coefficient (Wildman–Crippen LogP) is 0.923. The average molecular weight is 265 g/mol. The summed E-state index contributed by atoms with van der Waals surface area (Å²) in [5.74, 6) is 0. The number of nitrogens with zero attached hydrogens (tertiary/aromatic N) is 2. The van der Waals surface area contributed by atoms with Crippen LogP contribution in [0, 0.1) is 10.1 Å². The van der Waals surface area contributed by atoms with Crippen molar-refractivity contribution in [2.45, 2.75) is 12.5 Å². The van der Waals surface area contributed by atoms with E-state index in [4.69, 9.17) is 0 Å². The van der Waals surface area contributed by atoms with E-state index in [0.717, 1.165) is 31.7 Å². The minimum Gasteiger partial charge on any atom is -0.396 e. The van der Waals surface area contributed by atoms with Crippen molar-refractivity contribution in [2.24, 2.45) is 0 Å². The van der Waals surface area contributed by atoms with Gasteiger partial charge in [0, 0.05) is 51.0 Å². The summed E-state index contributed by atoms with van der Waals surface area (Å²) in [6.07, 6.45) is 0.651. The molecule has 1 atom stereocenters. The van der Waals surface area contributed by atoms with E-state index in [1.807, 2.05) is 0 Å². The van der Waals surface area contributed by atoms with E-state index < -0.39 is 4.92 Å². The average Bonchev–Trinajstić information content (AvgIpc) is 2.46. The maximum Gasteiger partial charge on any atom is 0.269 e. The van der Waals surface area contributed by atoms with Crippen molar-refractivity contribution in [1.29, 1.82) is 0 Å². The fourth-order valence-corrected chi connectivity index (χ4v) is 2.49. The van der Waals surface area contributed by atoms with Crippen LogP contribution in [-0.2, 0) is 0 Å². The van der Waals surface area contributed by atoms with Crippen LogP contribution in [-0.4, -0.2) is 47.7 Å². The van der Waals surface area contributed by atoms with Gasteiger partial charge in [0.2, 0.25) is 0 Å². The number of non-ortho nitro benzene ring substituents is 1. The quantitative estimate of drug-likeness (QED) is 0.611. The van der Waals surface area contributed by atoms with Gasteiger partial charge in [-0.1, -0.05) is 12.1 Å². The van der Waals surface area contributed by atoms with Crippen LogP contribution in [0.4, 0.5) is 5.69 Å². The number of hydrogen-bond acceptors (Lipinski definition) is 5. The molecule has 1 aliphatic rings. The number of nitro groups is 1. The molecule has 2 N–H and O–H groups in total. The van der Waals surface area contributed by atoms with Crippen LogP contribution in [0.3, 0.4) is 0 Å². The Morgan fingerprint density at radius 1 is 1.32 bits per heavy atom. The summed E-state index contributed by atoms with van der Waals surface area (Å²) in [6, 6.07) is 6.78. The van der Waals surface area contributed by atoms with E-state index >= 15 is 0 Å². The van der Waals surface area contributed by atoms with Crippen molar-refractivity contribution in [3.8, 4) is 0 Å². The van der Waals surface area contributed by atoms with Crippen molar-refractivity contribution in [1.82, 2.24) is 10.2 Å². The Kier molecular flexibility index (Phi) is 4.84. The Morgan fingerprint density at radius 2 is 1.95 bits per heavy atom. The fourth-order valence-electron chi connectivity index (χ4n) is 2.49. The van der Waals surface area contributed by atoms with Crippen molar-refractivity contribution < 1.29 is 10.0 Å². The molecule has 104 valence electrons. The number of piperazine rings is 1. The van der Waals surface area contributed by atoms with Gasteiger partial charge >= 0.3 is 0 Å². The van der Waals surface area contributed by atoms with Gasteiger partial charge < -0.3 is 10.4 Å². The van der Waals surface area contributed by atoms with Gasteiger partial charge in [-0.15, -0.1) is 0 Å². The first-order valence-electron chi connectivity index (χ1n) is 6.52. The van der Waals surface area contributed by atoms with Gasteiger partial charge in [0.25, 0.3) is 5.69 Å². The first-order valence-corrected chi connectivity index (χ1v) is 6.52. The SMILES string of the molecule is O=[N+]([O-])c1ccc([C@@H](CCO)N2CCNCC2)cc1. The molecule has 6 heteroatoms. The molecule has 6 nitrogen and oxygen atoms in total. The standard InChI is InChI=1S/C13H19N3O3/c17-10-5-13(15-8-6-14-7-9-15)11-1-3-12(4-2-11)16(18)19/h1-4,13-14,17H,5-10H2/t13-/m1/s1. The van der Waals surface area contributed by atoms with Gasteiger partial charge in [-0.05, 0) is 12.0 Å². The van der Waals surface area contributed by atoms with Gasteiger partial charge in [-0.25, -0.2) is 0 Å². The van der Waals surface area contributed by atoms with Gasteiger partial charge in [0.15, 0.2) is 0 Å². The Hall–Kier alpha value is -1.50. The summed E-state index contributed by atoms with van der Waals surface area (Å²) < 4.78 is 0. The van der Waals surface area contributed by atoms with Gasteiger partial charge in [0.05, 0.1) is 4.92 Å². The second kappa shape index (κ2) is 6.60. The Bertz CT molecular complexity index is 416. The van der Waals surface area contributed by atoms with Crippen LogP contribution in [0.25, 0.3) is 0 Å². The Labute approximate surface area is 112 Å². The lowest BCUT2D eigenvalue weighted by molar-refractivity contribution is -0.384. The van der Waals surface area contributed by atoms with E-state index in [0.29, 0.717) is 6.42 Å². The molecular weight excluding hydrogens is 246 g/mol. The molecule has 0 unspecified atom stereocenters. The van der Waals surface area contributed by atoms with E-state index in [9.17, 15) is 15.2 Å². The Balaban J connectivity index is 2.15. The summed E-state index contributed by atoms with van der Waals surface area (Å²) in [6.45, 7) is 3.86. The smallest absolute Gasteiger partial charge is 0.269 e. The third kappa shape index (κ3) is 3.50. The molecule has 2 rings (SSSR count). The van der Waals surface area contributed by atoms with E-state index in [2.05, 4.69) is 10.2 Å². The van der Waals surface area contributed by atoms with Crippen molar-refractivity contribution in [2.75, 3.05) is 32.8 Å². The van der Waals surface area contributed by atoms with Crippen molar-refractivity contribution >= 4 is 5.69 Å². The Morgan fingerprint density at radius 3 is 2.47 bits per heavy atom. The largest absolute Gasteiger partial charge is 0.396 e. The zero-order valence-electron chi connectivity index (χ0n) is 10.8. The van der Waals surface area contributed by atoms with Gasteiger partial charge in [0.1, 0.15) is 0 Å². The predicted molar refractivity (Wildman–Crippen MR) is 72.0 cm³/mol. The highest BCUT2D eigenvalue weighted by atomic mass is 16.6. The lowest BCUT2D eigenvalue weighted by Gasteiger charge is -2.35. The van der Waals surface area contributed by atoms with Gasteiger partial charge in [-0.2, -0.15) is 0 Å². The minimum atomic E-state index is -0.393. The van der Waals surface area contributed by atoms with Crippen LogP contribution in [0.5, 0.6) is 0 Å². The summed E-state index contributed by atoms with van der Waals surface area (Å²) in [5, 5.41) is 23.2. The second-order valence-corrected chi connectivity index (χ2v) is 4.66. The topological polar surface area (TPSA) is 78.6 Å². The maximum absolute atomic E-state index is 10.7. The number of nitro benzene ring substituents is 1. The monoisotopic (exact) mass is 265 g/mol. The molecule has 1 saturated heterocycles. The summed E-state index contributed by atoms with van der Waals surface area (Å²) in [7, 11) is 0. The zero-order valence-corrected chi connectivity index (χ0v) is 10.8. The lowest BCUT2D eigenvalue weighted by Crippen LogP contribution is -2.45. The van der Waals surface area contributed by atoms with E-state index in [1.54, 1.807) is 12.1 Å². The fraction of sp³-hybridized carbons (Fsp3) is 0.538. The van der Waals surface area contributed by atoms with Crippen LogP contribution < -0.4 is 5.32 Å².